The summed E-state index contributed by atoms with van der Waals surface area (Å²) in [5.41, 5.74) is 1.31. The number of halogens is 1. The van der Waals surface area contributed by atoms with E-state index in [1.807, 2.05) is 0 Å². The van der Waals surface area contributed by atoms with Crippen LogP contribution in [0.3, 0.4) is 0 Å². The zero-order chi connectivity index (χ0) is 12.7. The van der Waals surface area contributed by atoms with Gasteiger partial charge in [0.2, 0.25) is 5.91 Å². The van der Waals surface area contributed by atoms with Gasteiger partial charge in [0.1, 0.15) is 0 Å². The number of rotatable bonds is 2. The summed E-state index contributed by atoms with van der Waals surface area (Å²) in [4.78, 5) is 14.5. The number of amides is 1. The first kappa shape index (κ1) is 12.2. The summed E-state index contributed by atoms with van der Waals surface area (Å²) >= 11 is 3.45. The Labute approximate surface area is 116 Å². The molecule has 1 saturated carbocycles. The Morgan fingerprint density at radius 1 is 1.33 bits per heavy atom. The third-order valence-corrected chi connectivity index (χ3v) is 4.77. The lowest BCUT2D eigenvalue weighted by Gasteiger charge is -2.21. The molecule has 0 unspecified atom stereocenters. The standard InChI is InChI=1S/C15H18BrNO/c1-10-3-2-8-17(10)15(18)14-9-13(14)11-4-6-12(16)7-5-11/h4-7,10,13-14H,2-3,8-9H2,1H3/t10-,13+,14-/m0/s1. The van der Waals surface area contributed by atoms with Crippen LogP contribution in [0.5, 0.6) is 0 Å². The summed E-state index contributed by atoms with van der Waals surface area (Å²) in [5, 5.41) is 0. The lowest BCUT2D eigenvalue weighted by atomic mass is 10.1. The van der Waals surface area contributed by atoms with Gasteiger partial charge < -0.3 is 4.90 Å². The molecule has 0 N–H and O–H groups in total. The Morgan fingerprint density at radius 3 is 2.67 bits per heavy atom. The van der Waals surface area contributed by atoms with Crippen LogP contribution in [-0.2, 0) is 4.79 Å². The zero-order valence-electron chi connectivity index (χ0n) is 10.6. The van der Waals surface area contributed by atoms with Crippen LogP contribution < -0.4 is 0 Å². The second-order valence-electron chi connectivity index (χ2n) is 5.52. The van der Waals surface area contributed by atoms with E-state index in [0.717, 1.165) is 17.4 Å². The predicted octanol–water partition coefficient (Wildman–Crippen LogP) is 3.56. The van der Waals surface area contributed by atoms with Crippen molar-refractivity contribution in [1.29, 1.82) is 0 Å². The number of hydrogen-bond donors (Lipinski definition) is 0. The molecule has 1 aromatic rings. The van der Waals surface area contributed by atoms with Crippen LogP contribution in [-0.4, -0.2) is 23.4 Å². The van der Waals surface area contributed by atoms with Crippen molar-refractivity contribution in [2.24, 2.45) is 5.92 Å². The first-order valence-corrected chi connectivity index (χ1v) is 7.52. The third kappa shape index (κ3) is 2.20. The van der Waals surface area contributed by atoms with E-state index < -0.39 is 0 Å². The molecule has 1 saturated heterocycles. The van der Waals surface area contributed by atoms with Crippen LogP contribution in [0.15, 0.2) is 28.7 Å². The molecule has 1 aliphatic carbocycles. The first-order valence-electron chi connectivity index (χ1n) is 6.73. The van der Waals surface area contributed by atoms with Crippen molar-refractivity contribution < 1.29 is 4.79 Å². The fourth-order valence-electron chi connectivity index (χ4n) is 3.02. The van der Waals surface area contributed by atoms with Gasteiger partial charge in [0.15, 0.2) is 0 Å². The molecule has 2 fully saturated rings. The van der Waals surface area contributed by atoms with Crippen molar-refractivity contribution in [1.82, 2.24) is 4.90 Å². The quantitative estimate of drug-likeness (QED) is 0.818. The maximum atomic E-state index is 12.4. The Hall–Kier alpha value is -0.830. The van der Waals surface area contributed by atoms with Crippen molar-refractivity contribution in [3.05, 3.63) is 34.3 Å². The molecule has 3 rings (SSSR count). The average Bonchev–Trinajstić information content (AvgIpc) is 3.05. The third-order valence-electron chi connectivity index (χ3n) is 4.24. The minimum atomic E-state index is 0.242. The highest BCUT2D eigenvalue weighted by molar-refractivity contribution is 9.10. The van der Waals surface area contributed by atoms with E-state index >= 15 is 0 Å². The van der Waals surface area contributed by atoms with Crippen LogP contribution in [0, 0.1) is 5.92 Å². The number of carbonyl (C=O) groups excluding carboxylic acids is 1. The maximum absolute atomic E-state index is 12.4. The molecule has 1 aliphatic heterocycles. The van der Waals surface area contributed by atoms with E-state index in [1.165, 1.54) is 18.4 Å². The highest BCUT2D eigenvalue weighted by atomic mass is 79.9. The summed E-state index contributed by atoms with van der Waals surface area (Å²) in [7, 11) is 0. The van der Waals surface area contributed by atoms with Gasteiger partial charge in [-0.25, -0.2) is 0 Å². The van der Waals surface area contributed by atoms with Gasteiger partial charge in [-0.2, -0.15) is 0 Å². The predicted molar refractivity (Wildman–Crippen MR) is 75.4 cm³/mol. The zero-order valence-corrected chi connectivity index (χ0v) is 12.2. The lowest BCUT2D eigenvalue weighted by Crippen LogP contribution is -2.35. The molecule has 18 heavy (non-hydrogen) atoms. The largest absolute Gasteiger partial charge is 0.340 e. The number of hydrogen-bond acceptors (Lipinski definition) is 1. The molecule has 0 spiro atoms. The molecule has 0 aromatic heterocycles. The number of nitrogens with zero attached hydrogens (tertiary/aromatic N) is 1. The molecule has 3 atom stereocenters. The van der Waals surface area contributed by atoms with Crippen molar-refractivity contribution in [3.8, 4) is 0 Å². The summed E-state index contributed by atoms with van der Waals surface area (Å²) in [6.07, 6.45) is 3.37. The second kappa shape index (κ2) is 4.69. The molecule has 2 nitrogen and oxygen atoms in total. The van der Waals surface area contributed by atoms with Gasteiger partial charge in [-0.3, -0.25) is 4.79 Å². The molecule has 1 aromatic carbocycles. The molecule has 96 valence electrons. The van der Waals surface area contributed by atoms with Crippen molar-refractivity contribution in [3.63, 3.8) is 0 Å². The van der Waals surface area contributed by atoms with Crippen molar-refractivity contribution >= 4 is 21.8 Å². The van der Waals surface area contributed by atoms with E-state index in [1.54, 1.807) is 0 Å². The SMILES string of the molecule is C[C@H]1CCCN1C(=O)[C@H]1C[C@@H]1c1ccc(Br)cc1. The Bertz CT molecular complexity index is 456. The molecule has 0 radical (unpaired) electrons. The highest BCUT2D eigenvalue weighted by Crippen LogP contribution is 2.49. The van der Waals surface area contributed by atoms with E-state index in [4.69, 9.17) is 0 Å². The van der Waals surface area contributed by atoms with Crippen molar-refractivity contribution in [2.45, 2.75) is 38.1 Å². The van der Waals surface area contributed by atoms with Crippen LogP contribution in [0.4, 0.5) is 0 Å². The summed E-state index contributed by atoms with van der Waals surface area (Å²) in [6.45, 7) is 3.13. The van der Waals surface area contributed by atoms with E-state index in [-0.39, 0.29) is 5.92 Å². The Kier molecular flexibility index (Phi) is 3.18. The minimum absolute atomic E-state index is 0.242. The topological polar surface area (TPSA) is 20.3 Å². The van der Waals surface area contributed by atoms with E-state index in [0.29, 0.717) is 17.9 Å². The van der Waals surface area contributed by atoms with Gasteiger partial charge in [0.25, 0.3) is 0 Å². The van der Waals surface area contributed by atoms with Crippen LogP contribution in [0.1, 0.15) is 37.7 Å². The smallest absolute Gasteiger partial charge is 0.226 e. The molecule has 2 aliphatic rings. The average molecular weight is 308 g/mol. The van der Waals surface area contributed by atoms with Crippen LogP contribution in [0.25, 0.3) is 0 Å². The first-order chi connectivity index (χ1) is 8.66. The van der Waals surface area contributed by atoms with E-state index in [2.05, 4.69) is 52.0 Å². The number of benzene rings is 1. The van der Waals surface area contributed by atoms with Gasteiger partial charge in [0, 0.05) is 23.0 Å². The Morgan fingerprint density at radius 2 is 2.06 bits per heavy atom. The highest BCUT2D eigenvalue weighted by Gasteiger charge is 2.46. The summed E-state index contributed by atoms with van der Waals surface area (Å²) in [6, 6.07) is 8.84. The fraction of sp³-hybridized carbons (Fsp3) is 0.533. The summed E-state index contributed by atoms with van der Waals surface area (Å²) in [5.74, 6) is 1.08. The normalized spacial score (nSPS) is 30.6. The van der Waals surface area contributed by atoms with Crippen molar-refractivity contribution in [2.75, 3.05) is 6.54 Å². The van der Waals surface area contributed by atoms with Crippen LogP contribution in [0.2, 0.25) is 0 Å². The molecule has 1 heterocycles. The Balaban J connectivity index is 1.67. The molecule has 1 amide bonds. The maximum Gasteiger partial charge on any atom is 0.226 e. The minimum Gasteiger partial charge on any atom is -0.340 e. The van der Waals surface area contributed by atoms with Gasteiger partial charge >= 0.3 is 0 Å². The molecular weight excluding hydrogens is 290 g/mol. The molecule has 3 heteroatoms. The lowest BCUT2D eigenvalue weighted by molar-refractivity contribution is -0.133. The number of likely N-dealkylation sites (tertiary alicyclic amines) is 1. The van der Waals surface area contributed by atoms with Gasteiger partial charge in [-0.05, 0) is 49.8 Å². The summed E-state index contributed by atoms with van der Waals surface area (Å²) < 4.78 is 1.10. The van der Waals surface area contributed by atoms with Crippen LogP contribution >= 0.6 is 15.9 Å². The monoisotopic (exact) mass is 307 g/mol. The molecule has 0 bridgehead atoms. The number of carbonyl (C=O) groups is 1. The molecular formula is C15H18BrNO. The van der Waals surface area contributed by atoms with Gasteiger partial charge in [0.05, 0.1) is 0 Å². The van der Waals surface area contributed by atoms with E-state index in [9.17, 15) is 4.79 Å². The van der Waals surface area contributed by atoms with Gasteiger partial charge in [-0.1, -0.05) is 28.1 Å². The second-order valence-corrected chi connectivity index (χ2v) is 6.44. The fourth-order valence-corrected chi connectivity index (χ4v) is 3.28. The van der Waals surface area contributed by atoms with Gasteiger partial charge in [-0.15, -0.1) is 0 Å².